The number of hydrogen-bond donors (Lipinski definition) is 2. The molecule has 0 aromatic rings. The maximum Gasteiger partial charge on any atom is 0.0438 e. The molecule has 2 nitrogen and oxygen atoms in total. The normalized spacial score (nSPS) is 10.0. The molecule has 0 atom stereocenters. The minimum Gasteiger partial charge on any atom is -0.396 e. The molecule has 0 saturated heterocycles. The van der Waals surface area contributed by atoms with E-state index >= 15 is 0 Å². The summed E-state index contributed by atoms with van der Waals surface area (Å²) in [6, 6.07) is 0. The standard InChI is InChI=1S/C6H15NOS/c7-3-1-5-9-6-2-4-8/h8H,1-7H2. The second kappa shape index (κ2) is 8.27. The van der Waals surface area contributed by atoms with E-state index in [2.05, 4.69) is 0 Å². The smallest absolute Gasteiger partial charge is 0.0438 e. The average Bonchev–Trinajstić information content (AvgIpc) is 1.89. The molecule has 0 aliphatic rings. The summed E-state index contributed by atoms with van der Waals surface area (Å²) in [7, 11) is 0. The zero-order chi connectivity index (χ0) is 6.95. The summed E-state index contributed by atoms with van der Waals surface area (Å²) >= 11 is 1.86. The summed E-state index contributed by atoms with van der Waals surface area (Å²) < 4.78 is 0. The van der Waals surface area contributed by atoms with Gasteiger partial charge in [-0.2, -0.15) is 11.8 Å². The van der Waals surface area contributed by atoms with Crippen molar-refractivity contribution in [3.63, 3.8) is 0 Å². The third-order valence-corrected chi connectivity index (χ3v) is 2.09. The first-order valence-corrected chi connectivity index (χ1v) is 4.46. The van der Waals surface area contributed by atoms with Crippen LogP contribution in [0.15, 0.2) is 0 Å². The van der Waals surface area contributed by atoms with Crippen LogP contribution in [0.1, 0.15) is 12.8 Å². The highest BCUT2D eigenvalue weighted by Gasteiger charge is 1.86. The lowest BCUT2D eigenvalue weighted by molar-refractivity contribution is 0.296. The molecule has 0 amide bonds. The van der Waals surface area contributed by atoms with E-state index in [1.807, 2.05) is 11.8 Å². The molecule has 0 aliphatic heterocycles. The summed E-state index contributed by atoms with van der Waals surface area (Å²) in [5.74, 6) is 2.20. The monoisotopic (exact) mass is 149 g/mol. The first-order valence-electron chi connectivity index (χ1n) is 3.30. The Hall–Kier alpha value is 0.270. The summed E-state index contributed by atoms with van der Waals surface area (Å²) in [5.41, 5.74) is 5.28. The number of thioether (sulfide) groups is 1. The number of nitrogens with two attached hydrogens (primary N) is 1. The molecule has 3 N–H and O–H groups in total. The van der Waals surface area contributed by atoms with E-state index < -0.39 is 0 Å². The van der Waals surface area contributed by atoms with Crippen LogP contribution < -0.4 is 5.73 Å². The van der Waals surface area contributed by atoms with Crippen LogP contribution in [0.2, 0.25) is 0 Å². The Morgan fingerprint density at radius 1 is 1.22 bits per heavy atom. The van der Waals surface area contributed by atoms with Gasteiger partial charge in [0, 0.05) is 6.61 Å². The predicted molar refractivity (Wildman–Crippen MR) is 42.7 cm³/mol. The van der Waals surface area contributed by atoms with Crippen molar-refractivity contribution in [3.8, 4) is 0 Å². The van der Waals surface area contributed by atoms with Crippen LogP contribution in [-0.4, -0.2) is 29.8 Å². The minimum atomic E-state index is 0.315. The summed E-state index contributed by atoms with van der Waals surface area (Å²) in [6.45, 7) is 1.10. The van der Waals surface area contributed by atoms with Crippen LogP contribution in [-0.2, 0) is 0 Å². The maximum atomic E-state index is 8.38. The Balaban J connectivity index is 2.60. The second-order valence-corrected chi connectivity index (χ2v) is 3.06. The number of aliphatic hydroxyl groups excluding tert-OH is 1. The van der Waals surface area contributed by atoms with Crippen LogP contribution in [0.4, 0.5) is 0 Å². The number of rotatable bonds is 6. The van der Waals surface area contributed by atoms with Crippen molar-refractivity contribution in [1.82, 2.24) is 0 Å². The second-order valence-electron chi connectivity index (χ2n) is 1.83. The Bertz CT molecular complexity index is 46.3. The molecule has 3 heteroatoms. The van der Waals surface area contributed by atoms with E-state index in [1.54, 1.807) is 0 Å². The topological polar surface area (TPSA) is 46.2 Å². The molecule has 0 fully saturated rings. The van der Waals surface area contributed by atoms with Gasteiger partial charge in [0.25, 0.3) is 0 Å². The first-order chi connectivity index (χ1) is 4.41. The van der Waals surface area contributed by atoms with Crippen molar-refractivity contribution >= 4 is 11.8 Å². The van der Waals surface area contributed by atoms with Gasteiger partial charge in [-0.15, -0.1) is 0 Å². The quantitative estimate of drug-likeness (QED) is 0.539. The first kappa shape index (κ1) is 9.27. The Morgan fingerprint density at radius 3 is 2.44 bits per heavy atom. The van der Waals surface area contributed by atoms with E-state index in [0.717, 1.165) is 30.9 Å². The van der Waals surface area contributed by atoms with Gasteiger partial charge < -0.3 is 10.8 Å². The molecule has 0 aliphatic carbocycles. The van der Waals surface area contributed by atoms with Crippen molar-refractivity contribution in [3.05, 3.63) is 0 Å². The van der Waals surface area contributed by atoms with Gasteiger partial charge in [0.05, 0.1) is 0 Å². The third kappa shape index (κ3) is 8.27. The predicted octanol–water partition coefficient (Wildman–Crippen LogP) is 0.451. The lowest BCUT2D eigenvalue weighted by Crippen LogP contribution is -1.99. The highest BCUT2D eigenvalue weighted by molar-refractivity contribution is 7.99. The largest absolute Gasteiger partial charge is 0.396 e. The summed E-state index contributed by atoms with van der Waals surface area (Å²) in [5, 5.41) is 8.38. The van der Waals surface area contributed by atoms with Gasteiger partial charge in [0.2, 0.25) is 0 Å². The molecular formula is C6H15NOS. The highest BCUT2D eigenvalue weighted by atomic mass is 32.2. The van der Waals surface area contributed by atoms with Crippen LogP contribution in [0.25, 0.3) is 0 Å². The molecule has 9 heavy (non-hydrogen) atoms. The van der Waals surface area contributed by atoms with Crippen molar-refractivity contribution in [1.29, 1.82) is 0 Å². The van der Waals surface area contributed by atoms with E-state index in [0.29, 0.717) is 6.61 Å². The van der Waals surface area contributed by atoms with Crippen molar-refractivity contribution in [2.45, 2.75) is 12.8 Å². The Kier molecular flexibility index (Phi) is 8.52. The fraction of sp³-hybridized carbons (Fsp3) is 1.00. The van der Waals surface area contributed by atoms with Crippen molar-refractivity contribution < 1.29 is 5.11 Å². The number of aliphatic hydroxyl groups is 1. The molecule has 0 rings (SSSR count). The molecular weight excluding hydrogens is 134 g/mol. The molecule has 0 saturated carbocycles. The summed E-state index contributed by atoms with van der Waals surface area (Å²) in [6.07, 6.45) is 2.01. The molecule has 0 bridgehead atoms. The van der Waals surface area contributed by atoms with E-state index in [9.17, 15) is 0 Å². The molecule has 0 heterocycles. The fourth-order valence-electron chi connectivity index (χ4n) is 0.454. The van der Waals surface area contributed by atoms with Gasteiger partial charge >= 0.3 is 0 Å². The van der Waals surface area contributed by atoms with Crippen molar-refractivity contribution in [2.75, 3.05) is 24.7 Å². The van der Waals surface area contributed by atoms with E-state index in [1.165, 1.54) is 0 Å². The van der Waals surface area contributed by atoms with Crippen LogP contribution >= 0.6 is 11.8 Å². The van der Waals surface area contributed by atoms with Gasteiger partial charge in [-0.3, -0.25) is 0 Å². The van der Waals surface area contributed by atoms with Gasteiger partial charge in [0.15, 0.2) is 0 Å². The van der Waals surface area contributed by atoms with Gasteiger partial charge in [-0.05, 0) is 30.9 Å². The van der Waals surface area contributed by atoms with Gasteiger partial charge in [-0.1, -0.05) is 0 Å². The van der Waals surface area contributed by atoms with Gasteiger partial charge in [0.1, 0.15) is 0 Å². The molecule has 0 unspecified atom stereocenters. The van der Waals surface area contributed by atoms with E-state index in [4.69, 9.17) is 10.8 Å². The van der Waals surface area contributed by atoms with Crippen LogP contribution in [0.5, 0.6) is 0 Å². The van der Waals surface area contributed by atoms with Crippen LogP contribution in [0.3, 0.4) is 0 Å². The molecule has 0 aromatic heterocycles. The molecule has 0 aromatic carbocycles. The van der Waals surface area contributed by atoms with Crippen molar-refractivity contribution in [2.24, 2.45) is 5.73 Å². The lowest BCUT2D eigenvalue weighted by atomic mass is 10.5. The Labute approximate surface area is 60.8 Å². The van der Waals surface area contributed by atoms with E-state index in [-0.39, 0.29) is 0 Å². The zero-order valence-electron chi connectivity index (χ0n) is 5.68. The van der Waals surface area contributed by atoms with Gasteiger partial charge in [-0.25, -0.2) is 0 Å². The fourth-order valence-corrected chi connectivity index (χ4v) is 1.36. The highest BCUT2D eigenvalue weighted by Crippen LogP contribution is 2.02. The Morgan fingerprint density at radius 2 is 1.89 bits per heavy atom. The molecule has 0 radical (unpaired) electrons. The lowest BCUT2D eigenvalue weighted by Gasteiger charge is -1.96. The molecule has 0 spiro atoms. The SMILES string of the molecule is NCCCSCCCO. The minimum absolute atomic E-state index is 0.315. The average molecular weight is 149 g/mol. The third-order valence-electron chi connectivity index (χ3n) is 0.940. The molecule has 56 valence electrons. The summed E-state index contributed by atoms with van der Waals surface area (Å²) in [4.78, 5) is 0. The maximum absolute atomic E-state index is 8.38. The zero-order valence-corrected chi connectivity index (χ0v) is 6.49. The number of hydrogen-bond acceptors (Lipinski definition) is 3. The van der Waals surface area contributed by atoms with Crippen LogP contribution in [0, 0.1) is 0 Å².